The van der Waals surface area contributed by atoms with Crippen LogP contribution in [0, 0.1) is 85.9 Å². The number of nitriles is 2. The third-order valence-corrected chi connectivity index (χ3v) is 3.91. The molecule has 0 amide bonds. The van der Waals surface area contributed by atoms with E-state index in [-0.39, 0.29) is 22.6 Å². The number of rotatable bonds is 6. The first-order chi connectivity index (χ1) is 12.6. The molecule has 2 saturated carbocycles. The molecule has 2 rings (SSSR count). The zero-order valence-electron chi connectivity index (χ0n) is 15.5. The summed E-state index contributed by atoms with van der Waals surface area (Å²) in [5.41, 5.74) is 1.15. The first-order valence-corrected chi connectivity index (χ1v) is 8.70. The van der Waals surface area contributed by atoms with Gasteiger partial charge in [-0.15, -0.1) is 0 Å². The van der Waals surface area contributed by atoms with E-state index in [0.717, 1.165) is 30.6 Å². The van der Waals surface area contributed by atoms with Crippen LogP contribution >= 0.6 is 11.6 Å². The van der Waals surface area contributed by atoms with Crippen LogP contribution in [0.1, 0.15) is 13.8 Å². The van der Waals surface area contributed by atoms with Gasteiger partial charge in [-0.05, 0) is 77.4 Å². The Hall–Kier alpha value is -1.19. The largest absolute Gasteiger partial charge is 2.00 e. The molecule has 0 unspecified atom stereocenters. The molecule has 0 heterocycles. The van der Waals surface area contributed by atoms with E-state index in [1.54, 1.807) is 6.08 Å². The predicted molar refractivity (Wildman–Crippen MR) is 106 cm³/mol. The maximum Gasteiger partial charge on any atom is 2.00 e. The standard InChI is InChI=1S/C15H16N3.C7H6Cl.Fe/c1-3-18(4-2)15(14-7-5-6-8-14)10-9-13(11-16)12-17;1-6(8)7-4-2-3-5-7;/h5-10H,3-4H2,1-2H3;2-5H,1H2;/q;;+2/b15-10-;;. The van der Waals surface area contributed by atoms with Crippen molar-refractivity contribution >= 4 is 11.6 Å². The molecule has 27 heavy (non-hydrogen) atoms. The van der Waals surface area contributed by atoms with Crippen LogP contribution in [-0.2, 0) is 17.1 Å². The molecule has 0 bridgehead atoms. The molecule has 2 aliphatic carbocycles. The van der Waals surface area contributed by atoms with Gasteiger partial charge < -0.3 is 4.90 Å². The van der Waals surface area contributed by atoms with Crippen LogP contribution in [0.5, 0.6) is 0 Å². The molecular formula is C22H22ClFeN3+2. The first-order valence-electron chi connectivity index (χ1n) is 8.33. The normalized spacial score (nSPS) is 17.0. The van der Waals surface area contributed by atoms with Gasteiger partial charge in [-0.1, -0.05) is 18.2 Å². The van der Waals surface area contributed by atoms with Crippen molar-refractivity contribution < 1.29 is 17.1 Å². The summed E-state index contributed by atoms with van der Waals surface area (Å²) in [6.07, 6.45) is 19.1. The SMILES string of the molecule is C=C(Cl)[C]1[CH][CH][CH][CH]1.CCN(CC)/C(=C\C=C(C#N)C#N)[C]1[CH][CH][CH][CH]1.[Fe+2]. The van der Waals surface area contributed by atoms with Crippen LogP contribution < -0.4 is 0 Å². The second-order valence-corrected chi connectivity index (χ2v) is 5.74. The van der Waals surface area contributed by atoms with E-state index >= 15 is 0 Å². The molecule has 5 heteroatoms. The summed E-state index contributed by atoms with van der Waals surface area (Å²) in [5.74, 6) is 2.11. The number of allylic oxidation sites excluding steroid dienone is 5. The summed E-state index contributed by atoms with van der Waals surface area (Å²) < 4.78 is 0. The van der Waals surface area contributed by atoms with E-state index in [1.165, 1.54) is 0 Å². The minimum Gasteiger partial charge on any atom is -0.375 e. The molecule has 0 aliphatic heterocycles. The molecule has 0 N–H and O–H groups in total. The Balaban J connectivity index is 0.000000629. The summed E-state index contributed by atoms with van der Waals surface area (Å²) >= 11 is 5.55. The van der Waals surface area contributed by atoms with E-state index in [2.05, 4.69) is 25.3 Å². The van der Waals surface area contributed by atoms with Crippen molar-refractivity contribution in [1.29, 1.82) is 10.5 Å². The third-order valence-electron chi connectivity index (χ3n) is 3.69. The van der Waals surface area contributed by atoms with Gasteiger partial charge in [0.15, 0.2) is 0 Å². The second kappa shape index (κ2) is 14.8. The van der Waals surface area contributed by atoms with Gasteiger partial charge in [-0.2, -0.15) is 10.5 Å². The predicted octanol–water partition coefficient (Wildman–Crippen LogP) is 4.73. The fourth-order valence-electron chi connectivity index (χ4n) is 2.31. The van der Waals surface area contributed by atoms with E-state index in [4.69, 9.17) is 22.1 Å². The molecule has 10 radical (unpaired) electrons. The van der Waals surface area contributed by atoms with E-state index in [1.807, 2.05) is 69.6 Å². The van der Waals surface area contributed by atoms with Crippen molar-refractivity contribution in [3.8, 4) is 12.1 Å². The van der Waals surface area contributed by atoms with Crippen LogP contribution in [-0.4, -0.2) is 18.0 Å². The molecular weight excluding hydrogens is 398 g/mol. The van der Waals surface area contributed by atoms with Gasteiger partial charge in [-0.25, -0.2) is 0 Å². The smallest absolute Gasteiger partial charge is 0.375 e. The maximum absolute atomic E-state index is 8.74. The van der Waals surface area contributed by atoms with Crippen molar-refractivity contribution in [2.24, 2.45) is 0 Å². The number of hydrogen-bond donors (Lipinski definition) is 0. The molecule has 138 valence electrons. The van der Waals surface area contributed by atoms with Gasteiger partial charge in [0.1, 0.15) is 17.7 Å². The van der Waals surface area contributed by atoms with Crippen LogP contribution in [0.25, 0.3) is 0 Å². The van der Waals surface area contributed by atoms with Crippen LogP contribution in [0.3, 0.4) is 0 Å². The van der Waals surface area contributed by atoms with Gasteiger partial charge in [0.2, 0.25) is 0 Å². The van der Waals surface area contributed by atoms with Crippen molar-refractivity contribution in [2.75, 3.05) is 13.1 Å². The van der Waals surface area contributed by atoms with E-state index in [0.29, 0.717) is 5.03 Å². The Bertz CT molecular complexity index is 562. The average Bonchev–Trinajstić information content (AvgIpc) is 3.36. The first kappa shape index (κ1) is 25.8. The van der Waals surface area contributed by atoms with Crippen LogP contribution in [0.15, 0.2) is 35.0 Å². The van der Waals surface area contributed by atoms with E-state index < -0.39 is 0 Å². The van der Waals surface area contributed by atoms with Crippen LogP contribution in [0.2, 0.25) is 0 Å². The molecule has 0 spiro atoms. The average molecular weight is 420 g/mol. The minimum atomic E-state index is 0. The summed E-state index contributed by atoms with van der Waals surface area (Å²) in [4.78, 5) is 2.19. The fraction of sp³-hybridized carbons (Fsp3) is 0.182. The van der Waals surface area contributed by atoms with Gasteiger partial charge in [0.05, 0.1) is 0 Å². The third kappa shape index (κ3) is 9.03. The number of nitrogens with zero attached hydrogens (tertiary/aromatic N) is 3. The Labute approximate surface area is 181 Å². The number of halogens is 1. The van der Waals surface area contributed by atoms with Crippen molar-refractivity contribution in [1.82, 2.24) is 4.90 Å². The summed E-state index contributed by atoms with van der Waals surface area (Å²) in [6, 6.07) is 3.73. The van der Waals surface area contributed by atoms with E-state index in [9.17, 15) is 0 Å². The molecule has 0 aromatic rings. The minimum absolute atomic E-state index is 0. The van der Waals surface area contributed by atoms with Crippen LogP contribution in [0.4, 0.5) is 0 Å². The van der Waals surface area contributed by atoms with Crippen molar-refractivity contribution in [2.45, 2.75) is 13.8 Å². The monoisotopic (exact) mass is 419 g/mol. The second-order valence-electron chi connectivity index (χ2n) is 5.28. The zero-order valence-corrected chi connectivity index (χ0v) is 17.3. The number of hydrogen-bond acceptors (Lipinski definition) is 3. The zero-order chi connectivity index (χ0) is 19.4. The quantitative estimate of drug-likeness (QED) is 0.355. The van der Waals surface area contributed by atoms with Gasteiger partial charge in [-0.3, -0.25) is 0 Å². The fourth-order valence-corrected chi connectivity index (χ4v) is 2.44. The maximum atomic E-state index is 8.74. The molecule has 3 nitrogen and oxygen atoms in total. The summed E-state index contributed by atoms with van der Waals surface area (Å²) in [5, 5.41) is 18.1. The Morgan fingerprint density at radius 1 is 0.963 bits per heavy atom. The Morgan fingerprint density at radius 2 is 1.41 bits per heavy atom. The molecule has 0 saturated heterocycles. The molecule has 0 aromatic heterocycles. The Morgan fingerprint density at radius 3 is 1.74 bits per heavy atom. The Kier molecular flexibility index (Phi) is 14.2. The van der Waals surface area contributed by atoms with Gasteiger partial charge in [0, 0.05) is 35.7 Å². The molecule has 2 fully saturated rings. The molecule has 0 atom stereocenters. The van der Waals surface area contributed by atoms with Gasteiger partial charge in [0.25, 0.3) is 0 Å². The summed E-state index contributed by atoms with van der Waals surface area (Å²) in [7, 11) is 0. The van der Waals surface area contributed by atoms with Gasteiger partial charge >= 0.3 is 17.1 Å². The molecule has 2 aliphatic rings. The van der Waals surface area contributed by atoms with Crippen molar-refractivity contribution in [3.05, 3.63) is 98.2 Å². The van der Waals surface area contributed by atoms with Crippen molar-refractivity contribution in [3.63, 3.8) is 0 Å². The topological polar surface area (TPSA) is 50.8 Å². The summed E-state index contributed by atoms with van der Waals surface area (Å²) in [6.45, 7) is 9.50. The molecule has 0 aromatic carbocycles.